The van der Waals surface area contributed by atoms with Crippen LogP contribution in [0.2, 0.25) is 10.0 Å². The second-order valence-corrected chi connectivity index (χ2v) is 8.80. The molecule has 0 bridgehead atoms. The molecule has 3 aromatic rings. The van der Waals surface area contributed by atoms with E-state index in [1.54, 1.807) is 6.07 Å². The number of carbonyl (C=O) groups is 2. The van der Waals surface area contributed by atoms with Crippen LogP contribution in [-0.2, 0) is 0 Å². The predicted octanol–water partition coefficient (Wildman–Crippen LogP) is 4.56. The highest BCUT2D eigenvalue weighted by Crippen LogP contribution is 2.30. The Bertz CT molecular complexity index is 1120. The van der Waals surface area contributed by atoms with E-state index in [9.17, 15) is 9.59 Å². The van der Waals surface area contributed by atoms with E-state index < -0.39 is 0 Å². The van der Waals surface area contributed by atoms with Gasteiger partial charge in [-0.25, -0.2) is 0 Å². The fraction of sp³-hybridized carbons (Fsp3) is 0.250. The highest BCUT2D eigenvalue weighted by atomic mass is 35.5. The number of anilines is 1. The molecule has 0 aromatic heterocycles. The largest absolute Gasteiger partial charge is 0.369 e. The molecule has 0 N–H and O–H groups in total. The van der Waals surface area contributed by atoms with Crippen LogP contribution in [0.5, 0.6) is 0 Å². The summed E-state index contributed by atoms with van der Waals surface area (Å²) < 4.78 is 0. The molecule has 0 unspecified atom stereocenters. The van der Waals surface area contributed by atoms with E-state index in [1.807, 2.05) is 48.5 Å². The lowest BCUT2D eigenvalue weighted by Gasteiger charge is -2.37. The van der Waals surface area contributed by atoms with Crippen LogP contribution in [0.3, 0.4) is 0 Å². The van der Waals surface area contributed by atoms with Crippen LogP contribution in [0.15, 0.2) is 54.6 Å². The van der Waals surface area contributed by atoms with Crippen molar-refractivity contribution in [2.45, 2.75) is 0 Å². The summed E-state index contributed by atoms with van der Waals surface area (Å²) in [5, 5.41) is 2.95. The highest BCUT2D eigenvalue weighted by molar-refractivity contribution is 6.35. The Balaban J connectivity index is 1.25. The summed E-state index contributed by atoms with van der Waals surface area (Å²) in [6.45, 7) is 4.38. The normalized spacial score (nSPS) is 17.0. The van der Waals surface area contributed by atoms with Crippen molar-refractivity contribution in [3.63, 3.8) is 0 Å². The van der Waals surface area contributed by atoms with E-state index in [-0.39, 0.29) is 11.8 Å². The molecule has 2 amide bonds. The summed E-state index contributed by atoms with van der Waals surface area (Å²) in [6.07, 6.45) is 0. The number of amides is 2. The molecule has 2 heterocycles. The number of nitrogens with zero attached hydrogens (tertiary/aromatic N) is 3. The van der Waals surface area contributed by atoms with Gasteiger partial charge in [0.2, 0.25) is 0 Å². The van der Waals surface area contributed by atoms with Crippen molar-refractivity contribution < 1.29 is 9.59 Å². The van der Waals surface area contributed by atoms with Gasteiger partial charge in [-0.05, 0) is 35.7 Å². The molecular weight excluding hydrogens is 433 g/mol. The molecule has 0 saturated carbocycles. The lowest BCUT2D eigenvalue weighted by molar-refractivity contribution is 0.0591. The van der Waals surface area contributed by atoms with Gasteiger partial charge in [-0.1, -0.05) is 47.5 Å². The summed E-state index contributed by atoms with van der Waals surface area (Å²) in [5.41, 5.74) is 2.23. The van der Waals surface area contributed by atoms with Crippen molar-refractivity contribution in [1.82, 2.24) is 9.80 Å². The SMILES string of the molecule is O=C1c2cccc3cccc(c23)C(=O)N1CCN1CCN(c2cc(Cl)cc(Cl)c2)CC1. The molecular formula is C24H21Cl2N3O2. The van der Waals surface area contributed by atoms with E-state index in [0.717, 1.165) is 42.6 Å². The van der Waals surface area contributed by atoms with Gasteiger partial charge in [-0.2, -0.15) is 0 Å². The Hall–Kier alpha value is -2.60. The van der Waals surface area contributed by atoms with Gasteiger partial charge >= 0.3 is 0 Å². The number of hydrogen-bond donors (Lipinski definition) is 0. The van der Waals surface area contributed by atoms with Gasteiger partial charge in [0, 0.05) is 71.5 Å². The quantitative estimate of drug-likeness (QED) is 0.542. The number of carbonyl (C=O) groups excluding carboxylic acids is 2. The number of rotatable bonds is 4. The summed E-state index contributed by atoms with van der Waals surface area (Å²) in [7, 11) is 0. The first-order chi connectivity index (χ1) is 15.0. The molecule has 0 aliphatic carbocycles. The minimum atomic E-state index is -0.207. The molecule has 0 spiro atoms. The molecule has 7 heteroatoms. The van der Waals surface area contributed by atoms with Gasteiger partial charge in [0.15, 0.2) is 0 Å². The summed E-state index contributed by atoms with van der Waals surface area (Å²) in [6, 6.07) is 16.8. The molecule has 5 nitrogen and oxygen atoms in total. The van der Waals surface area contributed by atoms with Crippen molar-refractivity contribution in [3.8, 4) is 0 Å². The third-order valence-electron chi connectivity index (χ3n) is 6.08. The van der Waals surface area contributed by atoms with Gasteiger partial charge in [-0.3, -0.25) is 19.4 Å². The first-order valence-corrected chi connectivity index (χ1v) is 11.1. The Morgan fingerprint density at radius 2 is 1.32 bits per heavy atom. The lowest BCUT2D eigenvalue weighted by Crippen LogP contribution is -2.50. The molecule has 158 valence electrons. The average molecular weight is 454 g/mol. The smallest absolute Gasteiger partial charge is 0.261 e. The van der Waals surface area contributed by atoms with Crippen LogP contribution in [-0.4, -0.2) is 60.9 Å². The zero-order valence-corrected chi connectivity index (χ0v) is 18.4. The fourth-order valence-corrected chi connectivity index (χ4v) is 4.99. The highest BCUT2D eigenvalue weighted by Gasteiger charge is 2.32. The van der Waals surface area contributed by atoms with Crippen LogP contribution in [0, 0.1) is 0 Å². The van der Waals surface area contributed by atoms with E-state index in [0.29, 0.717) is 34.3 Å². The van der Waals surface area contributed by atoms with Gasteiger partial charge in [0.25, 0.3) is 11.8 Å². The number of benzene rings is 3. The molecule has 0 radical (unpaired) electrons. The third kappa shape index (κ3) is 3.78. The molecule has 1 saturated heterocycles. The standard InChI is InChI=1S/C24H21Cl2N3O2/c25-17-13-18(26)15-19(14-17)28-10-7-27(8-11-28)9-12-29-23(30)20-5-1-3-16-4-2-6-21(22(16)20)24(29)31/h1-6,13-15H,7-12H2. The summed E-state index contributed by atoms with van der Waals surface area (Å²) in [4.78, 5) is 32.0. The summed E-state index contributed by atoms with van der Waals surface area (Å²) >= 11 is 12.3. The van der Waals surface area contributed by atoms with Crippen LogP contribution in [0.4, 0.5) is 5.69 Å². The van der Waals surface area contributed by atoms with Gasteiger partial charge in [0.05, 0.1) is 0 Å². The van der Waals surface area contributed by atoms with Gasteiger partial charge in [-0.15, -0.1) is 0 Å². The van der Waals surface area contributed by atoms with Gasteiger partial charge in [0.1, 0.15) is 0 Å². The molecule has 2 aliphatic rings. The zero-order chi connectivity index (χ0) is 21.5. The van der Waals surface area contributed by atoms with Crippen LogP contribution in [0.1, 0.15) is 20.7 Å². The van der Waals surface area contributed by atoms with Crippen LogP contribution < -0.4 is 4.90 Å². The fourth-order valence-electron chi connectivity index (χ4n) is 4.48. The second kappa shape index (κ2) is 8.15. The van der Waals surface area contributed by atoms with Gasteiger partial charge < -0.3 is 4.90 Å². The third-order valence-corrected chi connectivity index (χ3v) is 6.52. The number of halogens is 2. The first-order valence-electron chi connectivity index (χ1n) is 10.3. The molecule has 2 aliphatic heterocycles. The number of piperazine rings is 1. The van der Waals surface area contributed by atoms with Crippen LogP contribution >= 0.6 is 23.2 Å². The van der Waals surface area contributed by atoms with Crippen molar-refractivity contribution in [3.05, 3.63) is 75.8 Å². The second-order valence-electron chi connectivity index (χ2n) is 7.93. The monoisotopic (exact) mass is 453 g/mol. The van der Waals surface area contributed by atoms with Crippen molar-refractivity contribution >= 4 is 51.5 Å². The van der Waals surface area contributed by atoms with Crippen molar-refractivity contribution in [2.24, 2.45) is 0 Å². The zero-order valence-electron chi connectivity index (χ0n) is 16.9. The number of hydrogen-bond acceptors (Lipinski definition) is 4. The van der Waals surface area contributed by atoms with E-state index in [4.69, 9.17) is 23.2 Å². The average Bonchev–Trinajstić information content (AvgIpc) is 2.77. The molecule has 31 heavy (non-hydrogen) atoms. The maximum absolute atomic E-state index is 13.0. The Kier molecular flexibility index (Phi) is 5.34. The minimum Gasteiger partial charge on any atom is -0.369 e. The molecule has 5 rings (SSSR count). The van der Waals surface area contributed by atoms with E-state index >= 15 is 0 Å². The Morgan fingerprint density at radius 1 is 0.742 bits per heavy atom. The number of imide groups is 1. The van der Waals surface area contributed by atoms with Crippen LogP contribution in [0.25, 0.3) is 10.8 Å². The maximum atomic E-state index is 13.0. The minimum absolute atomic E-state index is 0.207. The molecule has 3 aromatic carbocycles. The van der Waals surface area contributed by atoms with E-state index in [1.165, 1.54) is 4.90 Å². The Labute approximate surface area is 190 Å². The molecule has 1 fully saturated rings. The van der Waals surface area contributed by atoms with Crippen molar-refractivity contribution in [1.29, 1.82) is 0 Å². The Morgan fingerprint density at radius 3 is 1.90 bits per heavy atom. The molecule has 0 atom stereocenters. The topological polar surface area (TPSA) is 43.9 Å². The maximum Gasteiger partial charge on any atom is 0.261 e. The lowest BCUT2D eigenvalue weighted by atomic mass is 9.94. The predicted molar refractivity (Wildman–Crippen MR) is 124 cm³/mol. The van der Waals surface area contributed by atoms with E-state index in [2.05, 4.69) is 9.80 Å². The van der Waals surface area contributed by atoms with Crippen molar-refractivity contribution in [2.75, 3.05) is 44.2 Å². The summed E-state index contributed by atoms with van der Waals surface area (Å²) in [5.74, 6) is -0.414. The first kappa shape index (κ1) is 20.3.